The molecule has 0 radical (unpaired) electrons. The third kappa shape index (κ3) is 5.24. The molecule has 0 bridgehead atoms. The highest BCUT2D eigenvalue weighted by Gasteiger charge is 2.21. The van der Waals surface area contributed by atoms with Crippen molar-refractivity contribution in [3.8, 4) is 33.4 Å². The summed E-state index contributed by atoms with van der Waals surface area (Å²) >= 11 is 1.88. The van der Waals surface area contributed by atoms with Gasteiger partial charge in [-0.05, 0) is 91.8 Å². The second-order valence-corrected chi connectivity index (χ2v) is 14.4. The Morgan fingerprint density at radius 3 is 1.54 bits per heavy atom. The van der Waals surface area contributed by atoms with Gasteiger partial charge in [0.25, 0.3) is 0 Å². The third-order valence-corrected chi connectivity index (χ3v) is 11.4. The van der Waals surface area contributed by atoms with Crippen molar-refractivity contribution in [1.29, 1.82) is 0 Å². The zero-order chi connectivity index (χ0) is 34.4. The molecule has 1 heterocycles. The van der Waals surface area contributed by atoms with Crippen LogP contribution in [0, 0.1) is 0 Å². The first-order chi connectivity index (χ1) is 25.8. The molecule has 0 saturated heterocycles. The number of nitrogens with zero attached hydrogens (tertiary/aromatic N) is 1. The fourth-order valence-electron chi connectivity index (χ4n) is 7.75. The highest BCUT2D eigenvalue weighted by atomic mass is 32.1. The first-order valence-corrected chi connectivity index (χ1v) is 18.6. The fraction of sp³-hybridized carbons (Fsp3) is 0. The first-order valence-electron chi connectivity index (χ1n) is 17.8. The summed E-state index contributed by atoms with van der Waals surface area (Å²) in [6, 6.07) is 73.1. The van der Waals surface area contributed by atoms with Crippen LogP contribution in [0.3, 0.4) is 0 Å². The number of thiophene rings is 1. The summed E-state index contributed by atoms with van der Waals surface area (Å²) in [4.78, 5) is 2.46. The van der Waals surface area contributed by atoms with Crippen LogP contribution in [0.1, 0.15) is 0 Å². The van der Waals surface area contributed by atoms with Crippen LogP contribution in [0.2, 0.25) is 0 Å². The summed E-state index contributed by atoms with van der Waals surface area (Å²) in [6.45, 7) is 0. The van der Waals surface area contributed by atoms with Crippen LogP contribution in [-0.2, 0) is 0 Å². The molecule has 1 nitrogen and oxygen atoms in total. The van der Waals surface area contributed by atoms with E-state index in [1.54, 1.807) is 0 Å². The number of hydrogen-bond acceptors (Lipinski definition) is 2. The molecule has 0 aliphatic rings. The lowest BCUT2D eigenvalue weighted by atomic mass is 9.93. The monoisotopic (exact) mass is 679 g/mol. The summed E-state index contributed by atoms with van der Waals surface area (Å²) in [7, 11) is 0. The van der Waals surface area contributed by atoms with E-state index in [1.807, 2.05) is 11.3 Å². The van der Waals surface area contributed by atoms with Gasteiger partial charge < -0.3 is 4.90 Å². The summed E-state index contributed by atoms with van der Waals surface area (Å²) in [5, 5.41) is 7.55. The van der Waals surface area contributed by atoms with E-state index < -0.39 is 0 Å². The molecule has 0 atom stereocenters. The van der Waals surface area contributed by atoms with Crippen molar-refractivity contribution in [1.82, 2.24) is 0 Å². The van der Waals surface area contributed by atoms with Gasteiger partial charge in [0.2, 0.25) is 0 Å². The normalized spacial score (nSPS) is 11.5. The van der Waals surface area contributed by atoms with E-state index in [9.17, 15) is 0 Å². The summed E-state index contributed by atoms with van der Waals surface area (Å²) in [5.41, 5.74) is 10.6. The Kier molecular flexibility index (Phi) is 7.41. The topological polar surface area (TPSA) is 3.24 Å². The van der Waals surface area contributed by atoms with E-state index >= 15 is 0 Å². The molecule has 244 valence electrons. The van der Waals surface area contributed by atoms with Gasteiger partial charge in [0.05, 0.1) is 0 Å². The van der Waals surface area contributed by atoms with Gasteiger partial charge in [-0.25, -0.2) is 0 Å². The van der Waals surface area contributed by atoms with E-state index in [0.29, 0.717) is 0 Å². The molecule has 9 aromatic carbocycles. The van der Waals surface area contributed by atoms with Crippen LogP contribution < -0.4 is 4.90 Å². The van der Waals surface area contributed by atoms with Crippen molar-refractivity contribution in [2.45, 2.75) is 0 Å². The molecule has 52 heavy (non-hydrogen) atoms. The second-order valence-electron chi connectivity index (χ2n) is 13.3. The van der Waals surface area contributed by atoms with Gasteiger partial charge >= 0.3 is 0 Å². The Labute approximate surface area is 307 Å². The minimum absolute atomic E-state index is 1.11. The van der Waals surface area contributed by atoms with Crippen molar-refractivity contribution >= 4 is 70.1 Å². The summed E-state index contributed by atoms with van der Waals surface area (Å²) in [6.07, 6.45) is 0. The SMILES string of the molecule is c1ccc(-c2ccc(N(c3ccc4ccc5ccccc5c4c3)c3cc(-c4ccccc4)c4sc5ccccc5c4c3)cc2-c2ccccc2)cc1. The average Bonchev–Trinajstić information content (AvgIpc) is 3.60. The van der Waals surface area contributed by atoms with Crippen molar-refractivity contribution < 1.29 is 0 Å². The molecule has 0 amide bonds. The highest BCUT2D eigenvalue weighted by Crippen LogP contribution is 2.47. The molecular weight excluding hydrogens is 647 g/mol. The van der Waals surface area contributed by atoms with E-state index in [2.05, 4.69) is 205 Å². The largest absolute Gasteiger partial charge is 0.310 e. The van der Waals surface area contributed by atoms with Crippen molar-refractivity contribution in [2.24, 2.45) is 0 Å². The molecule has 2 heteroatoms. The standard InChI is InChI=1S/C50H33NS/c1-4-14-34(15-5-1)43-29-28-40(31-45(43)35-16-6-2-7-17-35)51(39-27-26-38-25-24-37-20-10-11-21-42(37)46(38)30-39)41-32-47(36-18-8-3-9-19-36)50-48(33-41)44-22-12-13-23-49(44)52-50/h1-33H. The molecule has 0 fully saturated rings. The van der Waals surface area contributed by atoms with Crippen LogP contribution in [0.5, 0.6) is 0 Å². The van der Waals surface area contributed by atoms with E-state index in [1.165, 1.54) is 75.1 Å². The Morgan fingerprint density at radius 1 is 0.308 bits per heavy atom. The van der Waals surface area contributed by atoms with Crippen molar-refractivity contribution in [2.75, 3.05) is 4.90 Å². The molecule has 10 aromatic rings. The molecular formula is C50H33NS. The van der Waals surface area contributed by atoms with Crippen molar-refractivity contribution in [3.05, 3.63) is 200 Å². The Balaban J connectivity index is 1.28. The maximum absolute atomic E-state index is 2.46. The van der Waals surface area contributed by atoms with E-state index in [-0.39, 0.29) is 0 Å². The predicted octanol–water partition coefficient (Wildman–Crippen LogP) is 14.8. The van der Waals surface area contributed by atoms with Crippen LogP contribution in [0.4, 0.5) is 17.1 Å². The smallest absolute Gasteiger partial charge is 0.0475 e. The van der Waals surface area contributed by atoms with E-state index in [4.69, 9.17) is 0 Å². The zero-order valence-electron chi connectivity index (χ0n) is 28.4. The number of fused-ring (bicyclic) bond motifs is 6. The van der Waals surface area contributed by atoms with Gasteiger partial charge in [0, 0.05) is 42.8 Å². The molecule has 0 spiro atoms. The molecule has 0 N–H and O–H groups in total. The fourth-order valence-corrected chi connectivity index (χ4v) is 8.97. The minimum Gasteiger partial charge on any atom is -0.310 e. The number of rotatable bonds is 6. The molecule has 1 aromatic heterocycles. The quantitative estimate of drug-likeness (QED) is 0.158. The van der Waals surface area contributed by atoms with Crippen LogP contribution in [0.25, 0.3) is 75.1 Å². The van der Waals surface area contributed by atoms with Gasteiger partial charge in [-0.2, -0.15) is 0 Å². The molecule has 0 aliphatic carbocycles. The minimum atomic E-state index is 1.11. The average molecular weight is 680 g/mol. The van der Waals surface area contributed by atoms with Gasteiger partial charge in [-0.3, -0.25) is 0 Å². The lowest BCUT2D eigenvalue weighted by molar-refractivity contribution is 1.30. The second kappa shape index (κ2) is 12.7. The Morgan fingerprint density at radius 2 is 0.808 bits per heavy atom. The summed E-state index contributed by atoms with van der Waals surface area (Å²) in [5.74, 6) is 0. The van der Waals surface area contributed by atoms with Gasteiger partial charge in [0.15, 0.2) is 0 Å². The number of benzene rings is 9. The molecule has 0 aliphatic heterocycles. The maximum Gasteiger partial charge on any atom is 0.0475 e. The zero-order valence-corrected chi connectivity index (χ0v) is 29.2. The van der Waals surface area contributed by atoms with E-state index in [0.717, 1.165) is 17.1 Å². The highest BCUT2D eigenvalue weighted by molar-refractivity contribution is 7.26. The van der Waals surface area contributed by atoms with Gasteiger partial charge in [-0.1, -0.05) is 158 Å². The maximum atomic E-state index is 2.46. The number of anilines is 3. The Hall–Kier alpha value is -6.48. The van der Waals surface area contributed by atoms with Crippen molar-refractivity contribution in [3.63, 3.8) is 0 Å². The predicted molar refractivity (Wildman–Crippen MR) is 225 cm³/mol. The van der Waals surface area contributed by atoms with Crippen LogP contribution >= 0.6 is 11.3 Å². The summed E-state index contributed by atoms with van der Waals surface area (Å²) < 4.78 is 2.61. The Bertz CT molecular complexity index is 2890. The van der Waals surface area contributed by atoms with Crippen LogP contribution in [0.15, 0.2) is 200 Å². The van der Waals surface area contributed by atoms with Gasteiger partial charge in [0.1, 0.15) is 0 Å². The number of hydrogen-bond donors (Lipinski definition) is 0. The van der Waals surface area contributed by atoms with Gasteiger partial charge in [-0.15, -0.1) is 11.3 Å². The third-order valence-electron chi connectivity index (χ3n) is 10.2. The molecule has 10 rings (SSSR count). The lowest BCUT2D eigenvalue weighted by Gasteiger charge is -2.28. The molecule has 0 saturated carbocycles. The molecule has 0 unspecified atom stereocenters. The lowest BCUT2D eigenvalue weighted by Crippen LogP contribution is -2.10. The van der Waals surface area contributed by atoms with Crippen LogP contribution in [-0.4, -0.2) is 0 Å². The first kappa shape index (κ1) is 30.4.